The van der Waals surface area contributed by atoms with Gasteiger partial charge in [-0.1, -0.05) is 60.7 Å². The molecule has 2 aliphatic rings. The van der Waals surface area contributed by atoms with Crippen LogP contribution < -0.4 is 0 Å². The molecule has 0 amide bonds. The molecule has 4 rings (SSSR count). The van der Waals surface area contributed by atoms with Gasteiger partial charge in [0.25, 0.3) is 0 Å². The van der Waals surface area contributed by atoms with Gasteiger partial charge in [-0.3, -0.25) is 14.4 Å². The predicted octanol–water partition coefficient (Wildman–Crippen LogP) is 4.23. The fourth-order valence-electron chi connectivity index (χ4n) is 4.99. The molecule has 0 heterocycles. The monoisotopic (exact) mass is 346 g/mol. The van der Waals surface area contributed by atoms with Crippen molar-refractivity contribution in [3.05, 3.63) is 71.8 Å². The minimum atomic E-state index is -1.10. The second-order valence-electron chi connectivity index (χ2n) is 7.44. The number of benzene rings is 2. The van der Waals surface area contributed by atoms with Crippen LogP contribution in [0.1, 0.15) is 55.1 Å². The molecule has 0 radical (unpaired) electrons. The highest BCUT2D eigenvalue weighted by molar-refractivity contribution is 6.12. The van der Waals surface area contributed by atoms with Crippen LogP contribution in [-0.4, -0.2) is 17.3 Å². The molecule has 2 atom stereocenters. The molecule has 0 N–H and O–H groups in total. The van der Waals surface area contributed by atoms with Crippen LogP contribution in [0, 0.1) is 5.41 Å². The van der Waals surface area contributed by atoms with E-state index in [1.165, 1.54) is 0 Å². The van der Waals surface area contributed by atoms with E-state index in [1.54, 1.807) is 0 Å². The van der Waals surface area contributed by atoms with Crippen LogP contribution in [0.5, 0.6) is 0 Å². The SMILES string of the molecule is O=C1C[C@H](c2ccccc2)C2(C(=O)CCCC2=O)[C@H](c2ccccc2)C1. The lowest BCUT2D eigenvalue weighted by Gasteiger charge is -2.49. The Labute approximate surface area is 153 Å². The van der Waals surface area contributed by atoms with Crippen molar-refractivity contribution in [2.45, 2.75) is 43.9 Å². The summed E-state index contributed by atoms with van der Waals surface area (Å²) in [6.45, 7) is 0. The zero-order chi connectivity index (χ0) is 18.1. The quantitative estimate of drug-likeness (QED) is 0.765. The number of ketones is 3. The van der Waals surface area contributed by atoms with Crippen molar-refractivity contribution >= 4 is 17.3 Å². The molecule has 1 spiro atoms. The van der Waals surface area contributed by atoms with Crippen molar-refractivity contribution in [2.24, 2.45) is 5.41 Å². The molecule has 0 unspecified atom stereocenters. The average molecular weight is 346 g/mol. The first-order chi connectivity index (χ1) is 12.6. The summed E-state index contributed by atoms with van der Waals surface area (Å²) in [5.74, 6) is -0.566. The third kappa shape index (κ3) is 2.54. The van der Waals surface area contributed by atoms with Gasteiger partial charge in [-0.15, -0.1) is 0 Å². The van der Waals surface area contributed by atoms with Crippen LogP contribution in [0.15, 0.2) is 60.7 Å². The summed E-state index contributed by atoms with van der Waals surface area (Å²) in [6, 6.07) is 19.3. The van der Waals surface area contributed by atoms with Crippen molar-refractivity contribution < 1.29 is 14.4 Å². The van der Waals surface area contributed by atoms with Gasteiger partial charge < -0.3 is 0 Å². The standard InChI is InChI=1S/C23H22O3/c24-18-14-19(16-8-3-1-4-9-16)23(21(25)12-7-13-22(23)26)20(15-18)17-10-5-2-6-11-17/h1-6,8-11,19-20H,7,12-15H2/t19-,20+. The van der Waals surface area contributed by atoms with E-state index in [9.17, 15) is 14.4 Å². The van der Waals surface area contributed by atoms with Gasteiger partial charge in [0.05, 0.1) is 0 Å². The number of hydrogen-bond acceptors (Lipinski definition) is 3. The number of hydrogen-bond donors (Lipinski definition) is 0. The second kappa shape index (κ2) is 6.64. The summed E-state index contributed by atoms with van der Waals surface area (Å²) in [4.78, 5) is 39.3. The molecule has 2 aliphatic carbocycles. The van der Waals surface area contributed by atoms with E-state index < -0.39 is 5.41 Å². The zero-order valence-corrected chi connectivity index (χ0v) is 14.7. The molecule has 0 bridgehead atoms. The molecular formula is C23H22O3. The van der Waals surface area contributed by atoms with Crippen molar-refractivity contribution in [1.82, 2.24) is 0 Å². The van der Waals surface area contributed by atoms with E-state index in [0.29, 0.717) is 19.3 Å². The second-order valence-corrected chi connectivity index (χ2v) is 7.44. The van der Waals surface area contributed by atoms with Gasteiger partial charge in [0, 0.05) is 37.5 Å². The van der Waals surface area contributed by atoms with Crippen LogP contribution in [0.25, 0.3) is 0 Å². The molecule has 132 valence electrons. The van der Waals surface area contributed by atoms with E-state index in [4.69, 9.17) is 0 Å². The van der Waals surface area contributed by atoms with Crippen LogP contribution in [0.4, 0.5) is 0 Å². The summed E-state index contributed by atoms with van der Waals surface area (Å²) in [5.41, 5.74) is 0.740. The van der Waals surface area contributed by atoms with Gasteiger partial charge in [-0.25, -0.2) is 0 Å². The van der Waals surface area contributed by atoms with Gasteiger partial charge in [0.15, 0.2) is 0 Å². The van der Waals surface area contributed by atoms with Crippen LogP contribution in [0.3, 0.4) is 0 Å². The molecule has 0 aliphatic heterocycles. The first-order valence-corrected chi connectivity index (χ1v) is 9.32. The van der Waals surface area contributed by atoms with E-state index in [-0.39, 0.29) is 42.0 Å². The average Bonchev–Trinajstić information content (AvgIpc) is 2.68. The number of carbonyl (C=O) groups is 3. The molecule has 2 fully saturated rings. The Morgan fingerprint density at radius 1 is 0.654 bits per heavy atom. The Kier molecular flexibility index (Phi) is 4.31. The molecule has 3 nitrogen and oxygen atoms in total. The molecular weight excluding hydrogens is 324 g/mol. The lowest BCUT2D eigenvalue weighted by molar-refractivity contribution is -0.151. The zero-order valence-electron chi connectivity index (χ0n) is 14.7. The largest absolute Gasteiger partial charge is 0.300 e. The van der Waals surface area contributed by atoms with Gasteiger partial charge in [-0.2, -0.15) is 0 Å². The van der Waals surface area contributed by atoms with Crippen molar-refractivity contribution in [3.8, 4) is 0 Å². The molecule has 2 aromatic rings. The highest BCUT2D eigenvalue weighted by Gasteiger charge is 2.60. The summed E-state index contributed by atoms with van der Waals surface area (Å²) in [5, 5.41) is 0. The summed E-state index contributed by atoms with van der Waals surface area (Å²) in [6.07, 6.45) is 2.01. The van der Waals surface area contributed by atoms with Crippen molar-refractivity contribution in [3.63, 3.8) is 0 Å². The smallest absolute Gasteiger partial charge is 0.147 e. The maximum Gasteiger partial charge on any atom is 0.147 e. The Morgan fingerprint density at radius 3 is 1.50 bits per heavy atom. The Bertz CT molecular complexity index is 769. The highest BCUT2D eigenvalue weighted by atomic mass is 16.2. The van der Waals surface area contributed by atoms with E-state index >= 15 is 0 Å². The lowest BCUT2D eigenvalue weighted by Crippen LogP contribution is -2.54. The highest BCUT2D eigenvalue weighted by Crippen LogP contribution is 2.57. The number of carbonyl (C=O) groups excluding carboxylic acids is 3. The van der Waals surface area contributed by atoms with Crippen molar-refractivity contribution in [2.75, 3.05) is 0 Å². The lowest BCUT2D eigenvalue weighted by atomic mass is 9.50. The molecule has 2 saturated carbocycles. The number of rotatable bonds is 2. The Hall–Kier alpha value is -2.55. The fourth-order valence-corrected chi connectivity index (χ4v) is 4.99. The third-order valence-corrected chi connectivity index (χ3v) is 6.10. The topological polar surface area (TPSA) is 51.2 Å². The van der Waals surface area contributed by atoms with E-state index in [1.807, 2.05) is 60.7 Å². The molecule has 0 saturated heterocycles. The van der Waals surface area contributed by atoms with E-state index in [2.05, 4.69) is 0 Å². The maximum absolute atomic E-state index is 13.3. The van der Waals surface area contributed by atoms with Crippen molar-refractivity contribution in [1.29, 1.82) is 0 Å². The number of Topliss-reactive ketones (excluding diaryl/α,β-unsaturated/α-hetero) is 3. The van der Waals surface area contributed by atoms with E-state index in [0.717, 1.165) is 11.1 Å². The molecule has 3 heteroatoms. The first-order valence-electron chi connectivity index (χ1n) is 9.32. The maximum atomic E-state index is 13.3. The molecule has 0 aromatic heterocycles. The summed E-state index contributed by atoms with van der Waals surface area (Å²) in [7, 11) is 0. The van der Waals surface area contributed by atoms with Gasteiger partial charge in [0.1, 0.15) is 22.8 Å². The Balaban J connectivity index is 1.94. The predicted molar refractivity (Wildman–Crippen MR) is 98.9 cm³/mol. The van der Waals surface area contributed by atoms with Crippen LogP contribution in [0.2, 0.25) is 0 Å². The third-order valence-electron chi connectivity index (χ3n) is 6.10. The normalized spacial score (nSPS) is 25.5. The summed E-state index contributed by atoms with van der Waals surface area (Å²) < 4.78 is 0. The minimum absolute atomic E-state index is 0.0176. The summed E-state index contributed by atoms with van der Waals surface area (Å²) >= 11 is 0. The van der Waals surface area contributed by atoms with Gasteiger partial charge in [0.2, 0.25) is 0 Å². The molecule has 26 heavy (non-hydrogen) atoms. The van der Waals surface area contributed by atoms with Gasteiger partial charge >= 0.3 is 0 Å². The molecule has 2 aromatic carbocycles. The van der Waals surface area contributed by atoms with Crippen LogP contribution in [-0.2, 0) is 14.4 Å². The fraction of sp³-hybridized carbons (Fsp3) is 0.348. The first kappa shape index (κ1) is 16.9. The van der Waals surface area contributed by atoms with Crippen LogP contribution >= 0.6 is 0 Å². The Morgan fingerprint density at radius 2 is 1.08 bits per heavy atom. The van der Waals surface area contributed by atoms with Gasteiger partial charge in [-0.05, 0) is 17.5 Å². The minimum Gasteiger partial charge on any atom is -0.300 e.